The number of amides is 1. The quantitative estimate of drug-likeness (QED) is 0.855. The average Bonchev–Trinajstić information content (AvgIpc) is 2.89. The molecule has 0 radical (unpaired) electrons. The van der Waals surface area contributed by atoms with Gasteiger partial charge in [-0.3, -0.25) is 4.79 Å². The van der Waals surface area contributed by atoms with Crippen LogP contribution in [-0.4, -0.2) is 28.2 Å². The Morgan fingerprint density at radius 3 is 2.59 bits per heavy atom. The Bertz CT molecular complexity index is 664. The molecule has 6 heteroatoms. The van der Waals surface area contributed by atoms with E-state index in [1.54, 1.807) is 6.92 Å². The fourth-order valence-electron chi connectivity index (χ4n) is 2.21. The van der Waals surface area contributed by atoms with Gasteiger partial charge < -0.3 is 14.9 Å². The molecule has 2 N–H and O–H groups in total. The van der Waals surface area contributed by atoms with Gasteiger partial charge in [-0.05, 0) is 13.3 Å². The number of benzene rings is 1. The molecule has 6 nitrogen and oxygen atoms in total. The van der Waals surface area contributed by atoms with E-state index in [0.717, 1.165) is 5.56 Å². The summed E-state index contributed by atoms with van der Waals surface area (Å²) < 4.78 is 5.11. The Labute approximate surface area is 128 Å². The van der Waals surface area contributed by atoms with Crippen LogP contribution in [0.25, 0.3) is 11.3 Å². The van der Waals surface area contributed by atoms with Gasteiger partial charge in [0.25, 0.3) is 5.91 Å². The molecule has 0 fully saturated rings. The summed E-state index contributed by atoms with van der Waals surface area (Å²) in [6.07, 6.45) is 1.03. The van der Waals surface area contributed by atoms with E-state index in [1.807, 2.05) is 37.3 Å². The van der Waals surface area contributed by atoms with Crippen molar-refractivity contribution in [3.05, 3.63) is 41.7 Å². The first kappa shape index (κ1) is 15.8. The lowest BCUT2D eigenvalue weighted by Gasteiger charge is -2.13. The molecule has 0 aliphatic heterocycles. The highest BCUT2D eigenvalue weighted by Crippen LogP contribution is 2.25. The highest BCUT2D eigenvalue weighted by molar-refractivity contribution is 6.02. The van der Waals surface area contributed by atoms with Gasteiger partial charge in [0.05, 0.1) is 0 Å². The zero-order valence-electron chi connectivity index (χ0n) is 12.5. The molecule has 116 valence electrons. The molecule has 1 amide bonds. The number of carbonyl (C=O) groups excluding carboxylic acids is 1. The topological polar surface area (TPSA) is 92.4 Å². The number of carbonyl (C=O) groups is 2. The van der Waals surface area contributed by atoms with E-state index in [0.29, 0.717) is 24.3 Å². The first-order valence-electron chi connectivity index (χ1n) is 7.10. The fourth-order valence-corrected chi connectivity index (χ4v) is 2.21. The molecule has 1 heterocycles. The van der Waals surface area contributed by atoms with Crippen molar-refractivity contribution in [1.82, 2.24) is 10.5 Å². The number of hydrogen-bond donors (Lipinski definition) is 2. The molecule has 1 unspecified atom stereocenters. The molecule has 0 saturated carbocycles. The summed E-state index contributed by atoms with van der Waals surface area (Å²) in [5, 5.41) is 15.6. The Hall–Kier alpha value is -2.63. The van der Waals surface area contributed by atoms with Crippen molar-refractivity contribution in [3.63, 3.8) is 0 Å². The lowest BCUT2D eigenvalue weighted by atomic mass is 10.0. The molecule has 1 aromatic carbocycles. The van der Waals surface area contributed by atoms with Crippen molar-refractivity contribution in [1.29, 1.82) is 0 Å². The van der Waals surface area contributed by atoms with Crippen molar-refractivity contribution in [2.75, 3.05) is 0 Å². The summed E-state index contributed by atoms with van der Waals surface area (Å²) in [4.78, 5) is 23.6. The first-order valence-corrected chi connectivity index (χ1v) is 7.10. The van der Waals surface area contributed by atoms with Gasteiger partial charge in [-0.15, -0.1) is 0 Å². The molecule has 0 saturated heterocycles. The molecule has 22 heavy (non-hydrogen) atoms. The van der Waals surface area contributed by atoms with E-state index in [2.05, 4.69) is 10.5 Å². The van der Waals surface area contributed by atoms with Crippen molar-refractivity contribution in [2.45, 2.75) is 32.7 Å². The minimum absolute atomic E-state index is 0.272. The third-order valence-corrected chi connectivity index (χ3v) is 3.32. The lowest BCUT2D eigenvalue weighted by Crippen LogP contribution is -2.40. The number of nitrogens with zero attached hydrogens (tertiary/aromatic N) is 1. The molecular formula is C16H18N2O4. The second-order valence-electron chi connectivity index (χ2n) is 4.98. The smallest absolute Gasteiger partial charge is 0.326 e. The summed E-state index contributed by atoms with van der Waals surface area (Å²) in [6.45, 7) is 3.49. The van der Waals surface area contributed by atoms with Crippen molar-refractivity contribution >= 4 is 11.9 Å². The minimum atomic E-state index is -1.05. The van der Waals surface area contributed by atoms with Crippen LogP contribution >= 0.6 is 0 Å². The maximum atomic E-state index is 12.4. The number of rotatable bonds is 6. The number of carboxylic acid groups (broad SMARTS) is 1. The average molecular weight is 302 g/mol. The predicted molar refractivity (Wildman–Crippen MR) is 80.5 cm³/mol. The standard InChI is InChI=1S/C16H18N2O4/c1-3-7-12(16(20)21)17-15(19)13-10(2)22-18-14(13)11-8-5-4-6-9-11/h4-6,8-9,12H,3,7H2,1-2H3,(H,17,19)(H,20,21). The summed E-state index contributed by atoms with van der Waals surface area (Å²) >= 11 is 0. The summed E-state index contributed by atoms with van der Waals surface area (Å²) in [5.74, 6) is -1.18. The SMILES string of the molecule is CCCC(NC(=O)c1c(-c2ccccc2)noc1C)C(=O)O. The van der Waals surface area contributed by atoms with Crippen LogP contribution in [0.3, 0.4) is 0 Å². The van der Waals surface area contributed by atoms with Gasteiger partial charge in [-0.25, -0.2) is 4.79 Å². The zero-order valence-corrected chi connectivity index (χ0v) is 12.5. The number of carboxylic acids is 1. The van der Waals surface area contributed by atoms with E-state index < -0.39 is 17.9 Å². The molecule has 2 rings (SSSR count). The summed E-state index contributed by atoms with van der Waals surface area (Å²) in [6, 6.07) is 8.23. The molecular weight excluding hydrogens is 284 g/mol. The molecule has 2 aromatic rings. The number of nitrogens with one attached hydrogen (secondary N) is 1. The maximum Gasteiger partial charge on any atom is 0.326 e. The summed E-state index contributed by atoms with van der Waals surface area (Å²) in [7, 11) is 0. The lowest BCUT2D eigenvalue weighted by molar-refractivity contribution is -0.139. The third kappa shape index (κ3) is 3.33. The van der Waals surface area contributed by atoms with Gasteiger partial charge in [0, 0.05) is 5.56 Å². The predicted octanol–water partition coefficient (Wildman–Crippen LogP) is 2.63. The van der Waals surface area contributed by atoms with Crippen LogP contribution in [0.15, 0.2) is 34.9 Å². The molecule has 0 aliphatic rings. The Morgan fingerprint density at radius 2 is 2.00 bits per heavy atom. The van der Waals surface area contributed by atoms with E-state index >= 15 is 0 Å². The normalized spacial score (nSPS) is 11.9. The van der Waals surface area contributed by atoms with E-state index in [9.17, 15) is 9.59 Å². The van der Waals surface area contributed by atoms with Crippen molar-refractivity contribution in [3.8, 4) is 11.3 Å². The van der Waals surface area contributed by atoms with Crippen LogP contribution in [0.4, 0.5) is 0 Å². The monoisotopic (exact) mass is 302 g/mol. The zero-order chi connectivity index (χ0) is 16.1. The van der Waals surface area contributed by atoms with Gasteiger partial charge in [0.2, 0.25) is 0 Å². The van der Waals surface area contributed by atoms with Crippen LogP contribution in [0, 0.1) is 6.92 Å². The molecule has 1 aromatic heterocycles. The van der Waals surface area contributed by atoms with Gasteiger partial charge in [0.15, 0.2) is 0 Å². The minimum Gasteiger partial charge on any atom is -0.480 e. The van der Waals surface area contributed by atoms with Crippen LogP contribution in [0.1, 0.15) is 35.9 Å². The van der Waals surface area contributed by atoms with Crippen LogP contribution in [0.2, 0.25) is 0 Å². The fraction of sp³-hybridized carbons (Fsp3) is 0.312. The van der Waals surface area contributed by atoms with E-state index in [4.69, 9.17) is 9.63 Å². The second-order valence-corrected chi connectivity index (χ2v) is 4.98. The second kappa shape index (κ2) is 6.89. The number of aliphatic carboxylic acids is 1. The Balaban J connectivity index is 2.30. The number of hydrogen-bond acceptors (Lipinski definition) is 4. The Morgan fingerprint density at radius 1 is 1.32 bits per heavy atom. The largest absolute Gasteiger partial charge is 0.480 e. The number of aryl methyl sites for hydroxylation is 1. The van der Waals surface area contributed by atoms with Crippen LogP contribution in [-0.2, 0) is 4.79 Å². The highest BCUT2D eigenvalue weighted by Gasteiger charge is 2.26. The molecule has 0 aliphatic carbocycles. The van der Waals surface area contributed by atoms with Gasteiger partial charge in [-0.2, -0.15) is 0 Å². The van der Waals surface area contributed by atoms with Crippen LogP contribution < -0.4 is 5.32 Å². The first-order chi connectivity index (χ1) is 10.5. The van der Waals surface area contributed by atoms with Crippen molar-refractivity contribution < 1.29 is 19.2 Å². The third-order valence-electron chi connectivity index (χ3n) is 3.32. The van der Waals surface area contributed by atoms with E-state index in [1.165, 1.54) is 0 Å². The molecule has 1 atom stereocenters. The highest BCUT2D eigenvalue weighted by atomic mass is 16.5. The Kier molecular flexibility index (Phi) is 4.93. The molecule has 0 spiro atoms. The number of aromatic nitrogens is 1. The maximum absolute atomic E-state index is 12.4. The van der Waals surface area contributed by atoms with Crippen molar-refractivity contribution in [2.24, 2.45) is 0 Å². The summed E-state index contributed by atoms with van der Waals surface area (Å²) in [5.41, 5.74) is 1.43. The van der Waals surface area contributed by atoms with E-state index in [-0.39, 0.29) is 5.56 Å². The van der Waals surface area contributed by atoms with Gasteiger partial charge in [-0.1, -0.05) is 48.8 Å². The van der Waals surface area contributed by atoms with Gasteiger partial charge >= 0.3 is 5.97 Å². The van der Waals surface area contributed by atoms with Crippen LogP contribution in [0.5, 0.6) is 0 Å². The van der Waals surface area contributed by atoms with Gasteiger partial charge in [0.1, 0.15) is 23.1 Å². The molecule has 0 bridgehead atoms.